The third-order valence-corrected chi connectivity index (χ3v) is 2.40. The van der Waals surface area contributed by atoms with Crippen molar-refractivity contribution in [3.63, 3.8) is 0 Å². The summed E-state index contributed by atoms with van der Waals surface area (Å²) < 4.78 is 5.15. The summed E-state index contributed by atoms with van der Waals surface area (Å²) in [5, 5.41) is 10.2. The van der Waals surface area contributed by atoms with Crippen LogP contribution in [0.25, 0.3) is 0 Å². The normalized spacial score (nSPS) is 11.1. The van der Waals surface area contributed by atoms with Crippen LogP contribution in [-0.4, -0.2) is 21.9 Å². The van der Waals surface area contributed by atoms with Gasteiger partial charge in [-0.15, -0.1) is 10.2 Å². The van der Waals surface area contributed by atoms with E-state index >= 15 is 0 Å². The van der Waals surface area contributed by atoms with Gasteiger partial charge in [-0.25, -0.2) is 4.79 Å². The maximum absolute atomic E-state index is 11.3. The van der Waals surface area contributed by atoms with Crippen molar-refractivity contribution in [3.05, 3.63) is 5.51 Å². The molecule has 1 aromatic rings. The number of carbonyl (C=O) groups is 1. The van der Waals surface area contributed by atoms with Gasteiger partial charge in [0.1, 0.15) is 11.1 Å². The van der Waals surface area contributed by atoms with Crippen molar-refractivity contribution in [3.8, 4) is 0 Å². The van der Waals surface area contributed by atoms with Crippen LogP contribution in [0.3, 0.4) is 0 Å². The van der Waals surface area contributed by atoms with Crippen LogP contribution < -0.4 is 5.32 Å². The minimum absolute atomic E-state index is 0.446. The van der Waals surface area contributed by atoms with E-state index in [1.54, 1.807) is 5.51 Å². The Morgan fingerprint density at radius 2 is 2.43 bits per heavy atom. The van der Waals surface area contributed by atoms with E-state index in [0.717, 1.165) is 6.42 Å². The van der Waals surface area contributed by atoms with Crippen molar-refractivity contribution in [2.24, 2.45) is 0 Å². The first-order valence-corrected chi connectivity index (χ1v) is 5.17. The molecule has 0 aliphatic rings. The molecule has 0 atom stereocenters. The summed E-state index contributed by atoms with van der Waals surface area (Å²) in [6.45, 7) is 5.66. The summed E-state index contributed by atoms with van der Waals surface area (Å²) in [5.41, 5.74) is 1.09. The highest BCUT2D eigenvalue weighted by molar-refractivity contribution is 7.13. The number of hydrogen-bond donors (Lipinski definition) is 1. The molecule has 6 heteroatoms. The van der Waals surface area contributed by atoms with E-state index in [2.05, 4.69) is 15.5 Å². The van der Waals surface area contributed by atoms with Crippen LogP contribution in [-0.2, 0) is 4.74 Å². The summed E-state index contributed by atoms with van der Waals surface area (Å²) in [4.78, 5) is 11.3. The molecule has 0 aliphatic carbocycles. The average Bonchev–Trinajstić information content (AvgIpc) is 2.55. The quantitative estimate of drug-likeness (QED) is 0.840. The fraction of sp³-hybridized carbons (Fsp3) is 0.625. The highest BCUT2D eigenvalue weighted by Crippen LogP contribution is 2.15. The van der Waals surface area contributed by atoms with Gasteiger partial charge in [-0.2, -0.15) is 0 Å². The first kappa shape index (κ1) is 10.9. The average molecular weight is 215 g/mol. The lowest BCUT2D eigenvalue weighted by Crippen LogP contribution is -2.29. The molecule has 0 unspecified atom stereocenters. The molecule has 1 heterocycles. The molecule has 1 aromatic heterocycles. The topological polar surface area (TPSA) is 64.1 Å². The Labute approximate surface area is 86.5 Å². The Hall–Kier alpha value is -1.17. The van der Waals surface area contributed by atoms with Crippen molar-refractivity contribution in [1.29, 1.82) is 0 Å². The number of amides is 1. The number of nitrogens with one attached hydrogen (secondary N) is 1. The van der Waals surface area contributed by atoms with Gasteiger partial charge in [-0.3, -0.25) is 5.32 Å². The van der Waals surface area contributed by atoms with Crippen LogP contribution in [0.2, 0.25) is 0 Å². The number of carbonyl (C=O) groups excluding carboxylic acids is 1. The summed E-state index contributed by atoms with van der Waals surface area (Å²) in [6, 6.07) is 0. The number of aromatic nitrogens is 2. The van der Waals surface area contributed by atoms with Gasteiger partial charge in [0.05, 0.1) is 0 Å². The lowest BCUT2D eigenvalue weighted by atomic mass is 10.1. The molecule has 1 N–H and O–H groups in total. The predicted molar refractivity (Wildman–Crippen MR) is 54.4 cm³/mol. The Bertz CT molecular complexity index is 298. The molecule has 0 aliphatic heterocycles. The number of ether oxygens (including phenoxy) is 1. The van der Waals surface area contributed by atoms with Crippen LogP contribution >= 0.6 is 11.3 Å². The molecule has 0 fully saturated rings. The standard InChI is InChI=1S/C8H13N3O2S/c1-4-8(2,3)13-7(12)10-6-11-9-5-14-6/h5H,4H2,1-3H3,(H,10,11,12). The Kier molecular flexibility index (Phi) is 3.40. The van der Waals surface area contributed by atoms with Crippen LogP contribution in [0.1, 0.15) is 27.2 Å². The summed E-state index contributed by atoms with van der Waals surface area (Å²) in [7, 11) is 0. The van der Waals surface area contributed by atoms with Gasteiger partial charge >= 0.3 is 6.09 Å². The molecule has 1 amide bonds. The second kappa shape index (κ2) is 4.36. The number of hydrogen-bond acceptors (Lipinski definition) is 5. The third-order valence-electron chi connectivity index (χ3n) is 1.79. The molecule has 78 valence electrons. The van der Waals surface area contributed by atoms with Gasteiger partial charge < -0.3 is 4.74 Å². The minimum atomic E-state index is -0.492. The van der Waals surface area contributed by atoms with E-state index in [4.69, 9.17) is 4.74 Å². The van der Waals surface area contributed by atoms with Gasteiger partial charge in [0.2, 0.25) is 5.13 Å². The first-order chi connectivity index (χ1) is 6.53. The predicted octanol–water partition coefficient (Wildman–Crippen LogP) is 2.28. The van der Waals surface area contributed by atoms with E-state index in [0.29, 0.717) is 5.13 Å². The lowest BCUT2D eigenvalue weighted by Gasteiger charge is -2.22. The maximum atomic E-state index is 11.3. The fourth-order valence-corrected chi connectivity index (χ4v) is 1.09. The molecule has 5 nitrogen and oxygen atoms in total. The zero-order chi connectivity index (χ0) is 10.6. The highest BCUT2D eigenvalue weighted by atomic mass is 32.1. The molecule has 0 spiro atoms. The number of anilines is 1. The van der Waals surface area contributed by atoms with Crippen molar-refractivity contribution in [2.75, 3.05) is 5.32 Å². The molecule has 0 aromatic carbocycles. The summed E-state index contributed by atoms with van der Waals surface area (Å²) in [6.07, 6.45) is 0.268. The first-order valence-electron chi connectivity index (χ1n) is 4.29. The van der Waals surface area contributed by atoms with Gasteiger partial charge in [-0.1, -0.05) is 18.3 Å². The highest BCUT2D eigenvalue weighted by Gasteiger charge is 2.20. The van der Waals surface area contributed by atoms with E-state index in [1.807, 2.05) is 20.8 Å². The molecular weight excluding hydrogens is 202 g/mol. The van der Waals surface area contributed by atoms with Gasteiger partial charge in [0, 0.05) is 0 Å². The number of rotatable bonds is 3. The fourth-order valence-electron chi connectivity index (χ4n) is 0.663. The van der Waals surface area contributed by atoms with Gasteiger partial charge in [0.25, 0.3) is 0 Å². The SMILES string of the molecule is CCC(C)(C)OC(=O)Nc1nncs1. The summed E-state index contributed by atoms with van der Waals surface area (Å²) >= 11 is 1.25. The van der Waals surface area contributed by atoms with E-state index < -0.39 is 11.7 Å². The largest absolute Gasteiger partial charge is 0.443 e. The molecule has 0 saturated heterocycles. The van der Waals surface area contributed by atoms with Crippen LogP contribution in [0.5, 0.6) is 0 Å². The Morgan fingerprint density at radius 3 is 2.93 bits per heavy atom. The molecule has 1 rings (SSSR count). The van der Waals surface area contributed by atoms with Crippen LogP contribution in [0, 0.1) is 0 Å². The van der Waals surface area contributed by atoms with Crippen LogP contribution in [0.4, 0.5) is 9.93 Å². The zero-order valence-corrected chi connectivity index (χ0v) is 9.22. The zero-order valence-electron chi connectivity index (χ0n) is 8.40. The third kappa shape index (κ3) is 3.29. The van der Waals surface area contributed by atoms with Crippen LogP contribution in [0.15, 0.2) is 5.51 Å². The molecule has 0 saturated carbocycles. The smallest absolute Gasteiger partial charge is 0.414 e. The van der Waals surface area contributed by atoms with E-state index in [-0.39, 0.29) is 0 Å². The second-order valence-electron chi connectivity index (χ2n) is 3.37. The van der Waals surface area contributed by atoms with Crippen molar-refractivity contribution in [1.82, 2.24) is 10.2 Å². The van der Waals surface area contributed by atoms with E-state index in [1.165, 1.54) is 11.3 Å². The molecule has 14 heavy (non-hydrogen) atoms. The van der Waals surface area contributed by atoms with Gasteiger partial charge in [-0.05, 0) is 20.3 Å². The van der Waals surface area contributed by atoms with Crippen molar-refractivity contribution < 1.29 is 9.53 Å². The minimum Gasteiger partial charge on any atom is -0.443 e. The van der Waals surface area contributed by atoms with Gasteiger partial charge in [0.15, 0.2) is 0 Å². The lowest BCUT2D eigenvalue weighted by molar-refractivity contribution is 0.0462. The molecule has 0 radical (unpaired) electrons. The summed E-state index contributed by atoms with van der Waals surface area (Å²) in [5.74, 6) is 0. The molecule has 0 bridgehead atoms. The number of nitrogens with zero attached hydrogens (tertiary/aromatic N) is 2. The molecular formula is C8H13N3O2S. The maximum Gasteiger partial charge on any atom is 0.414 e. The van der Waals surface area contributed by atoms with Crippen molar-refractivity contribution in [2.45, 2.75) is 32.8 Å². The monoisotopic (exact) mass is 215 g/mol. The second-order valence-corrected chi connectivity index (χ2v) is 4.20. The Balaban J connectivity index is 2.44. The Morgan fingerprint density at radius 1 is 1.71 bits per heavy atom. The van der Waals surface area contributed by atoms with Crippen molar-refractivity contribution >= 4 is 22.6 Å². The van der Waals surface area contributed by atoms with E-state index in [9.17, 15) is 4.79 Å².